The molecule has 0 bridgehead atoms. The lowest BCUT2D eigenvalue weighted by Crippen LogP contribution is -2.24. The van der Waals surface area contributed by atoms with E-state index in [1.165, 1.54) is 0 Å². The molecule has 2 rings (SSSR count). The van der Waals surface area contributed by atoms with E-state index in [4.69, 9.17) is 4.74 Å². The number of ether oxygens (including phenoxy) is 1. The van der Waals surface area contributed by atoms with Crippen molar-refractivity contribution in [2.24, 2.45) is 0 Å². The molecule has 0 aromatic heterocycles. The van der Waals surface area contributed by atoms with Gasteiger partial charge in [-0.15, -0.1) is 0 Å². The summed E-state index contributed by atoms with van der Waals surface area (Å²) in [7, 11) is 0. The molecule has 1 aromatic rings. The molecule has 4 nitrogen and oxygen atoms in total. The van der Waals surface area contributed by atoms with Crippen LogP contribution in [0.3, 0.4) is 0 Å². The van der Waals surface area contributed by atoms with Crippen molar-refractivity contribution in [1.82, 2.24) is 5.32 Å². The van der Waals surface area contributed by atoms with Crippen molar-refractivity contribution in [2.75, 3.05) is 18.4 Å². The van der Waals surface area contributed by atoms with Crippen LogP contribution in [0.2, 0.25) is 0 Å². The van der Waals surface area contributed by atoms with E-state index < -0.39 is 0 Å². The third-order valence-corrected chi connectivity index (χ3v) is 3.37. The summed E-state index contributed by atoms with van der Waals surface area (Å²) in [6.07, 6.45) is 6.16. The highest BCUT2D eigenvalue weighted by atomic mass is 16.5. The van der Waals surface area contributed by atoms with Crippen molar-refractivity contribution < 1.29 is 9.53 Å². The molecular weight excluding hydrogens is 252 g/mol. The van der Waals surface area contributed by atoms with Gasteiger partial charge in [0.1, 0.15) is 6.10 Å². The number of benzene rings is 1. The van der Waals surface area contributed by atoms with Crippen molar-refractivity contribution in [3.63, 3.8) is 0 Å². The Labute approximate surface area is 120 Å². The number of nitrogens with one attached hydrogen (secondary N) is 2. The topological polar surface area (TPSA) is 50.4 Å². The number of rotatable bonds is 5. The Morgan fingerprint density at radius 3 is 2.95 bits per heavy atom. The fraction of sp³-hybridized carbons (Fsp3) is 0.438. The van der Waals surface area contributed by atoms with Crippen LogP contribution in [0, 0.1) is 6.92 Å². The molecular formula is C16H22N2O2. The van der Waals surface area contributed by atoms with E-state index in [1.807, 2.05) is 38.1 Å². The number of aryl methyl sites for hydroxylation is 1. The Hall–Kier alpha value is -1.97. The minimum Gasteiger partial charge on any atom is -0.497 e. The first-order chi connectivity index (χ1) is 9.70. The average molecular weight is 274 g/mol. The van der Waals surface area contributed by atoms with Crippen molar-refractivity contribution >= 4 is 11.6 Å². The van der Waals surface area contributed by atoms with E-state index in [0.29, 0.717) is 12.1 Å². The normalized spacial score (nSPS) is 17.4. The van der Waals surface area contributed by atoms with Crippen LogP contribution in [0.4, 0.5) is 5.69 Å². The molecule has 1 aliphatic rings. The van der Waals surface area contributed by atoms with E-state index in [1.54, 1.807) is 6.26 Å². The highest BCUT2D eigenvalue weighted by Crippen LogP contribution is 2.18. The maximum atomic E-state index is 11.8. The Morgan fingerprint density at radius 2 is 2.30 bits per heavy atom. The Morgan fingerprint density at radius 1 is 1.45 bits per heavy atom. The maximum Gasteiger partial charge on any atom is 0.251 e. The number of carbonyl (C=O) groups is 1. The van der Waals surface area contributed by atoms with Crippen LogP contribution < -0.4 is 10.6 Å². The van der Waals surface area contributed by atoms with Gasteiger partial charge in [-0.1, -0.05) is 0 Å². The second-order valence-electron chi connectivity index (χ2n) is 4.98. The van der Waals surface area contributed by atoms with Crippen molar-refractivity contribution in [2.45, 2.75) is 32.8 Å². The quantitative estimate of drug-likeness (QED) is 0.868. The predicted molar refractivity (Wildman–Crippen MR) is 80.9 cm³/mol. The Balaban J connectivity index is 1.95. The van der Waals surface area contributed by atoms with Gasteiger partial charge in [-0.25, -0.2) is 0 Å². The second-order valence-corrected chi connectivity index (χ2v) is 4.98. The fourth-order valence-electron chi connectivity index (χ4n) is 2.22. The zero-order chi connectivity index (χ0) is 14.4. The predicted octanol–water partition coefficient (Wildman–Crippen LogP) is 2.85. The molecule has 20 heavy (non-hydrogen) atoms. The van der Waals surface area contributed by atoms with Gasteiger partial charge in [-0.3, -0.25) is 4.79 Å². The number of hydrogen-bond donors (Lipinski definition) is 2. The zero-order valence-electron chi connectivity index (χ0n) is 12.1. The van der Waals surface area contributed by atoms with Crippen molar-refractivity contribution in [1.29, 1.82) is 0 Å². The summed E-state index contributed by atoms with van der Waals surface area (Å²) in [6.45, 7) is 5.35. The molecule has 1 heterocycles. The summed E-state index contributed by atoms with van der Waals surface area (Å²) in [5.41, 5.74) is 2.82. The van der Waals surface area contributed by atoms with E-state index in [0.717, 1.165) is 30.6 Å². The average Bonchev–Trinajstić information content (AvgIpc) is 2.47. The number of anilines is 1. The summed E-state index contributed by atoms with van der Waals surface area (Å²) < 4.78 is 5.53. The number of allylic oxidation sites excluding steroid dienone is 1. The number of amides is 1. The van der Waals surface area contributed by atoms with Crippen LogP contribution in [0.25, 0.3) is 0 Å². The molecule has 108 valence electrons. The zero-order valence-corrected chi connectivity index (χ0v) is 12.1. The molecule has 2 N–H and O–H groups in total. The molecule has 0 radical (unpaired) electrons. The SMILES string of the molecule is CCNC(=O)c1ccc(NCC2CCC=CO2)c(C)c1. The van der Waals surface area contributed by atoms with Gasteiger partial charge in [-0.2, -0.15) is 0 Å². The van der Waals surface area contributed by atoms with E-state index in [9.17, 15) is 4.79 Å². The molecule has 1 aromatic carbocycles. The maximum absolute atomic E-state index is 11.8. The number of carbonyl (C=O) groups excluding carboxylic acids is 1. The fourth-order valence-corrected chi connectivity index (χ4v) is 2.22. The van der Waals surface area contributed by atoms with E-state index in [-0.39, 0.29) is 12.0 Å². The molecule has 1 amide bonds. The number of hydrogen-bond acceptors (Lipinski definition) is 3. The summed E-state index contributed by atoms with van der Waals surface area (Å²) in [5.74, 6) is -0.0251. The third-order valence-electron chi connectivity index (χ3n) is 3.37. The van der Waals surface area contributed by atoms with Gasteiger partial charge in [0.15, 0.2) is 0 Å². The third kappa shape index (κ3) is 3.76. The molecule has 1 aliphatic heterocycles. The minimum atomic E-state index is -0.0251. The molecule has 1 atom stereocenters. The van der Waals surface area contributed by atoms with Gasteiger partial charge in [0.05, 0.1) is 12.8 Å². The Bertz CT molecular complexity index is 497. The van der Waals surface area contributed by atoms with Crippen LogP contribution in [-0.4, -0.2) is 25.1 Å². The largest absolute Gasteiger partial charge is 0.497 e. The Kier molecular flexibility index (Phi) is 5.04. The molecule has 0 saturated heterocycles. The smallest absolute Gasteiger partial charge is 0.251 e. The van der Waals surface area contributed by atoms with Gasteiger partial charge < -0.3 is 15.4 Å². The minimum absolute atomic E-state index is 0.0251. The second kappa shape index (κ2) is 6.98. The monoisotopic (exact) mass is 274 g/mol. The van der Waals surface area contributed by atoms with Gasteiger partial charge in [0.25, 0.3) is 5.91 Å². The first-order valence-electron chi connectivity index (χ1n) is 7.14. The molecule has 0 aliphatic carbocycles. The summed E-state index contributed by atoms with van der Waals surface area (Å²) in [5, 5.41) is 6.20. The lowest BCUT2D eigenvalue weighted by molar-refractivity contribution is 0.0955. The van der Waals surface area contributed by atoms with E-state index in [2.05, 4.69) is 10.6 Å². The molecule has 1 unspecified atom stereocenters. The standard InChI is InChI=1S/C16H22N2O2/c1-3-17-16(19)13-7-8-15(12(2)10-13)18-11-14-6-4-5-9-20-14/h5,7-10,14,18H,3-4,6,11H2,1-2H3,(H,17,19). The van der Waals surface area contributed by atoms with Crippen molar-refractivity contribution in [3.05, 3.63) is 41.7 Å². The van der Waals surface area contributed by atoms with Gasteiger partial charge in [-0.05, 0) is 56.5 Å². The summed E-state index contributed by atoms with van der Waals surface area (Å²) in [6, 6.07) is 5.72. The van der Waals surface area contributed by atoms with Crippen molar-refractivity contribution in [3.8, 4) is 0 Å². The van der Waals surface area contributed by atoms with Crippen LogP contribution in [0.5, 0.6) is 0 Å². The molecule has 0 spiro atoms. The van der Waals surface area contributed by atoms with Gasteiger partial charge in [0.2, 0.25) is 0 Å². The van der Waals surface area contributed by atoms with Gasteiger partial charge >= 0.3 is 0 Å². The van der Waals surface area contributed by atoms with Crippen LogP contribution in [0.15, 0.2) is 30.5 Å². The molecule has 0 fully saturated rings. The van der Waals surface area contributed by atoms with Crippen LogP contribution >= 0.6 is 0 Å². The van der Waals surface area contributed by atoms with Gasteiger partial charge in [0, 0.05) is 17.8 Å². The summed E-state index contributed by atoms with van der Waals surface area (Å²) >= 11 is 0. The lowest BCUT2D eigenvalue weighted by atomic mass is 10.1. The molecule has 0 saturated carbocycles. The van der Waals surface area contributed by atoms with Crippen LogP contribution in [-0.2, 0) is 4.74 Å². The van der Waals surface area contributed by atoms with E-state index >= 15 is 0 Å². The highest BCUT2D eigenvalue weighted by molar-refractivity contribution is 5.94. The first kappa shape index (κ1) is 14.4. The highest BCUT2D eigenvalue weighted by Gasteiger charge is 2.12. The summed E-state index contributed by atoms with van der Waals surface area (Å²) in [4.78, 5) is 11.8. The first-order valence-corrected chi connectivity index (χ1v) is 7.14. The lowest BCUT2D eigenvalue weighted by Gasteiger charge is -2.21. The van der Waals surface area contributed by atoms with Crippen LogP contribution in [0.1, 0.15) is 35.7 Å². The molecule has 4 heteroatoms.